The minimum absolute atomic E-state index is 0.0341. The van der Waals surface area contributed by atoms with E-state index in [1.54, 1.807) is 0 Å². The van der Waals surface area contributed by atoms with E-state index in [1.807, 2.05) is 0 Å². The van der Waals surface area contributed by atoms with Crippen molar-refractivity contribution in [2.24, 2.45) is 7.05 Å². The molecule has 1 aromatic heterocycles. The molecule has 2 aromatic rings. The van der Waals surface area contributed by atoms with Crippen molar-refractivity contribution in [3.05, 3.63) is 67.2 Å². The highest BCUT2D eigenvalue weighted by molar-refractivity contribution is 6.31. The van der Waals surface area contributed by atoms with E-state index < -0.39 is 22.8 Å². The number of hydrogen-bond acceptors (Lipinski definition) is 3. The Morgan fingerprint density at radius 1 is 1.33 bits per heavy atom. The maximum absolute atomic E-state index is 13.0. The Labute approximate surface area is 124 Å². The summed E-state index contributed by atoms with van der Waals surface area (Å²) in [6.07, 6.45) is 1.20. The quantitative estimate of drug-likeness (QED) is 0.809. The van der Waals surface area contributed by atoms with Gasteiger partial charge in [-0.05, 0) is 24.6 Å². The van der Waals surface area contributed by atoms with Crippen molar-refractivity contribution in [2.45, 2.75) is 13.5 Å². The van der Waals surface area contributed by atoms with Crippen LogP contribution in [0.2, 0.25) is 5.02 Å². The van der Waals surface area contributed by atoms with Gasteiger partial charge >= 0.3 is 5.69 Å². The topological polar surface area (TPSA) is 61.1 Å². The number of rotatable bonds is 3. The van der Waals surface area contributed by atoms with Crippen LogP contribution < -0.4 is 11.2 Å². The van der Waals surface area contributed by atoms with Gasteiger partial charge in [-0.2, -0.15) is 0 Å². The van der Waals surface area contributed by atoms with Crippen molar-refractivity contribution in [1.29, 1.82) is 0 Å². The second-order valence-electron chi connectivity index (χ2n) is 4.61. The van der Waals surface area contributed by atoms with Crippen LogP contribution >= 0.6 is 11.6 Å². The largest absolute Gasteiger partial charge is 0.331 e. The van der Waals surface area contributed by atoms with Crippen LogP contribution in [-0.2, 0) is 13.6 Å². The number of nitrogens with zero attached hydrogens (tertiary/aromatic N) is 2. The van der Waals surface area contributed by atoms with Crippen LogP contribution in [0.4, 0.5) is 4.39 Å². The summed E-state index contributed by atoms with van der Waals surface area (Å²) in [5.41, 5.74) is -0.803. The summed E-state index contributed by atoms with van der Waals surface area (Å²) >= 11 is 5.91. The highest BCUT2D eigenvalue weighted by atomic mass is 35.5. The van der Waals surface area contributed by atoms with Crippen molar-refractivity contribution >= 4 is 17.4 Å². The highest BCUT2D eigenvalue weighted by Crippen LogP contribution is 2.17. The number of aromatic nitrogens is 2. The molecule has 110 valence electrons. The number of benzene rings is 1. The Kier molecular flexibility index (Phi) is 4.09. The average molecular weight is 311 g/mol. The molecule has 0 aliphatic carbocycles. The van der Waals surface area contributed by atoms with Crippen LogP contribution in [0.5, 0.6) is 0 Å². The third-order valence-corrected chi connectivity index (χ3v) is 3.44. The van der Waals surface area contributed by atoms with Crippen LogP contribution in [0.25, 0.3) is 0 Å². The van der Waals surface area contributed by atoms with Gasteiger partial charge in [0.25, 0.3) is 5.56 Å². The smallest absolute Gasteiger partial charge is 0.295 e. The first kappa shape index (κ1) is 15.2. The molecule has 0 atom stereocenters. The summed E-state index contributed by atoms with van der Waals surface area (Å²) in [6, 6.07) is 3.80. The minimum atomic E-state index is -0.644. The second kappa shape index (κ2) is 5.65. The zero-order chi connectivity index (χ0) is 15.7. The van der Waals surface area contributed by atoms with E-state index >= 15 is 0 Å². The molecule has 0 N–H and O–H groups in total. The SMILES string of the molecule is CC(=O)c1cn(Cc2ccc(F)cc2Cl)c(=O)n(C)c1=O. The van der Waals surface area contributed by atoms with E-state index in [1.165, 1.54) is 36.9 Å². The first-order valence-electron chi connectivity index (χ1n) is 6.06. The van der Waals surface area contributed by atoms with Crippen molar-refractivity contribution in [2.75, 3.05) is 0 Å². The third-order valence-electron chi connectivity index (χ3n) is 3.09. The Hall–Kier alpha value is -2.21. The molecule has 0 amide bonds. The summed E-state index contributed by atoms with van der Waals surface area (Å²) in [6.45, 7) is 1.28. The van der Waals surface area contributed by atoms with Gasteiger partial charge in [0, 0.05) is 18.3 Å². The molecule has 0 saturated heterocycles. The van der Waals surface area contributed by atoms with Crippen LogP contribution in [0.3, 0.4) is 0 Å². The Morgan fingerprint density at radius 2 is 2.00 bits per heavy atom. The van der Waals surface area contributed by atoms with Gasteiger partial charge in [-0.25, -0.2) is 9.18 Å². The second-order valence-corrected chi connectivity index (χ2v) is 5.02. The molecular weight excluding hydrogens is 299 g/mol. The van der Waals surface area contributed by atoms with Crippen LogP contribution in [0.15, 0.2) is 34.0 Å². The average Bonchev–Trinajstić information content (AvgIpc) is 2.41. The minimum Gasteiger partial charge on any atom is -0.295 e. The predicted octanol–water partition coefficient (Wildman–Crippen LogP) is 1.59. The Balaban J connectivity index is 2.57. The molecule has 1 aromatic carbocycles. The number of hydrogen-bond donors (Lipinski definition) is 0. The molecule has 0 unspecified atom stereocenters. The molecule has 1 heterocycles. The molecule has 7 heteroatoms. The molecule has 0 saturated carbocycles. The first-order valence-corrected chi connectivity index (χ1v) is 6.44. The van der Waals surface area contributed by atoms with Gasteiger partial charge in [-0.1, -0.05) is 17.7 Å². The highest BCUT2D eigenvalue weighted by Gasteiger charge is 2.13. The Morgan fingerprint density at radius 3 is 2.57 bits per heavy atom. The molecule has 21 heavy (non-hydrogen) atoms. The molecule has 5 nitrogen and oxygen atoms in total. The Bertz CT molecular complexity index is 839. The van der Waals surface area contributed by atoms with Gasteiger partial charge < -0.3 is 0 Å². The molecule has 0 radical (unpaired) electrons. The van der Waals surface area contributed by atoms with E-state index in [2.05, 4.69) is 0 Å². The van der Waals surface area contributed by atoms with E-state index in [4.69, 9.17) is 11.6 Å². The van der Waals surface area contributed by atoms with E-state index in [0.29, 0.717) is 5.56 Å². The van der Waals surface area contributed by atoms with Gasteiger partial charge in [0.2, 0.25) is 0 Å². The van der Waals surface area contributed by atoms with Crippen molar-refractivity contribution in [1.82, 2.24) is 9.13 Å². The van der Waals surface area contributed by atoms with Crippen molar-refractivity contribution in [3.8, 4) is 0 Å². The first-order chi connectivity index (χ1) is 9.81. The fourth-order valence-electron chi connectivity index (χ4n) is 1.91. The zero-order valence-electron chi connectivity index (χ0n) is 11.4. The summed E-state index contributed by atoms with van der Waals surface area (Å²) in [5.74, 6) is -0.921. The molecule has 0 bridgehead atoms. The normalized spacial score (nSPS) is 10.7. The van der Waals surface area contributed by atoms with Crippen LogP contribution in [0.1, 0.15) is 22.8 Å². The number of halogens is 2. The lowest BCUT2D eigenvalue weighted by Gasteiger charge is -2.10. The summed E-state index contributed by atoms with van der Waals surface area (Å²) < 4.78 is 15.1. The standard InChI is InChI=1S/C14H12ClFN2O3/c1-8(19)11-7-18(14(21)17(2)13(11)20)6-9-3-4-10(16)5-12(9)15/h3-5,7H,6H2,1-2H3. The monoisotopic (exact) mass is 310 g/mol. The molecule has 0 spiro atoms. The maximum Gasteiger partial charge on any atom is 0.331 e. The summed E-state index contributed by atoms with van der Waals surface area (Å²) in [5, 5.41) is 0.167. The third kappa shape index (κ3) is 2.95. The molecule has 0 aliphatic heterocycles. The number of carbonyl (C=O) groups excluding carboxylic acids is 1. The van der Waals surface area contributed by atoms with Gasteiger partial charge in [0.05, 0.1) is 12.1 Å². The number of Topliss-reactive ketones (excluding diaryl/α,β-unsaturated/α-hetero) is 1. The van der Waals surface area contributed by atoms with E-state index in [0.717, 1.165) is 10.6 Å². The van der Waals surface area contributed by atoms with E-state index in [-0.39, 0.29) is 17.1 Å². The lowest BCUT2D eigenvalue weighted by Crippen LogP contribution is -2.40. The molecular formula is C14H12ClFN2O3. The van der Waals surface area contributed by atoms with Gasteiger partial charge in [0.15, 0.2) is 5.78 Å². The van der Waals surface area contributed by atoms with Crippen molar-refractivity contribution < 1.29 is 9.18 Å². The summed E-state index contributed by atoms with van der Waals surface area (Å²) in [4.78, 5) is 35.3. The number of carbonyl (C=O) groups is 1. The molecule has 0 fully saturated rings. The molecule has 2 rings (SSSR count). The van der Waals surface area contributed by atoms with E-state index in [9.17, 15) is 18.8 Å². The fourth-order valence-corrected chi connectivity index (χ4v) is 2.14. The maximum atomic E-state index is 13.0. The lowest BCUT2D eigenvalue weighted by molar-refractivity contribution is 0.101. The zero-order valence-corrected chi connectivity index (χ0v) is 12.1. The van der Waals surface area contributed by atoms with Crippen molar-refractivity contribution in [3.63, 3.8) is 0 Å². The lowest BCUT2D eigenvalue weighted by atomic mass is 10.2. The van der Waals surface area contributed by atoms with Crippen LogP contribution in [-0.4, -0.2) is 14.9 Å². The number of ketones is 1. The van der Waals surface area contributed by atoms with Gasteiger partial charge in [0.1, 0.15) is 5.82 Å². The molecule has 0 aliphatic rings. The van der Waals surface area contributed by atoms with Gasteiger partial charge in [-0.15, -0.1) is 0 Å². The predicted molar refractivity (Wildman–Crippen MR) is 76.5 cm³/mol. The fraction of sp³-hybridized carbons (Fsp3) is 0.214. The van der Waals surface area contributed by atoms with Gasteiger partial charge in [-0.3, -0.25) is 18.7 Å². The summed E-state index contributed by atoms with van der Waals surface area (Å²) in [7, 11) is 1.29. The van der Waals surface area contributed by atoms with Crippen LogP contribution in [0, 0.1) is 5.82 Å².